The first kappa shape index (κ1) is 16.9. The summed E-state index contributed by atoms with van der Waals surface area (Å²) in [6.07, 6.45) is 4.43. The fourth-order valence-corrected chi connectivity index (χ4v) is 2.60. The van der Waals surface area contributed by atoms with Gasteiger partial charge < -0.3 is 11.1 Å². The molecule has 0 spiro atoms. The third kappa shape index (κ3) is 3.49. The number of hydrogen-bond acceptors (Lipinski definition) is 2. The van der Waals surface area contributed by atoms with Gasteiger partial charge in [0, 0.05) is 6.54 Å². The van der Waals surface area contributed by atoms with E-state index < -0.39 is 5.41 Å². The molecule has 1 aromatic carbocycles. The molecule has 1 amide bonds. The van der Waals surface area contributed by atoms with Crippen molar-refractivity contribution in [1.82, 2.24) is 5.32 Å². The molecule has 112 valence electrons. The van der Waals surface area contributed by atoms with E-state index in [1.165, 1.54) is 12.1 Å². The molecule has 3 nitrogen and oxygen atoms in total. The van der Waals surface area contributed by atoms with E-state index >= 15 is 0 Å². The Balaban J connectivity index is 0.00000200. The van der Waals surface area contributed by atoms with Gasteiger partial charge in [0.2, 0.25) is 5.91 Å². The van der Waals surface area contributed by atoms with Crippen molar-refractivity contribution in [1.29, 1.82) is 0 Å². The van der Waals surface area contributed by atoms with Gasteiger partial charge in [0.25, 0.3) is 0 Å². The molecule has 0 heterocycles. The minimum atomic E-state index is -0.509. The lowest BCUT2D eigenvalue weighted by molar-refractivity contribution is -0.129. The van der Waals surface area contributed by atoms with Crippen molar-refractivity contribution in [2.75, 3.05) is 13.1 Å². The Morgan fingerprint density at radius 2 is 2.10 bits per heavy atom. The van der Waals surface area contributed by atoms with Gasteiger partial charge in [-0.15, -0.1) is 12.4 Å². The predicted molar refractivity (Wildman–Crippen MR) is 80.5 cm³/mol. The summed E-state index contributed by atoms with van der Waals surface area (Å²) >= 11 is 0. The van der Waals surface area contributed by atoms with E-state index in [-0.39, 0.29) is 24.1 Å². The quantitative estimate of drug-likeness (QED) is 0.793. The number of benzene rings is 1. The monoisotopic (exact) mass is 300 g/mol. The lowest BCUT2D eigenvalue weighted by Gasteiger charge is -2.40. The van der Waals surface area contributed by atoms with Crippen LogP contribution in [0.2, 0.25) is 0 Å². The number of carbonyl (C=O) groups is 1. The first-order chi connectivity index (χ1) is 9.19. The molecule has 0 aromatic heterocycles. The van der Waals surface area contributed by atoms with Gasteiger partial charge in [-0.1, -0.05) is 18.6 Å². The van der Waals surface area contributed by atoms with Crippen molar-refractivity contribution in [3.05, 3.63) is 35.6 Å². The zero-order chi connectivity index (χ0) is 13.7. The number of rotatable bonds is 6. The smallest absolute Gasteiger partial charge is 0.230 e. The molecule has 3 N–H and O–H groups in total. The summed E-state index contributed by atoms with van der Waals surface area (Å²) in [5, 5.41) is 2.96. The number of amides is 1. The van der Waals surface area contributed by atoms with Gasteiger partial charge in [0.1, 0.15) is 5.82 Å². The maximum atomic E-state index is 13.3. The Bertz CT molecular complexity index is 449. The van der Waals surface area contributed by atoms with Crippen molar-refractivity contribution in [2.24, 2.45) is 5.73 Å². The maximum Gasteiger partial charge on any atom is 0.230 e. The predicted octanol–water partition coefficient (Wildman–Crippen LogP) is 2.52. The van der Waals surface area contributed by atoms with E-state index in [4.69, 9.17) is 5.73 Å². The van der Waals surface area contributed by atoms with Crippen molar-refractivity contribution in [3.8, 4) is 0 Å². The molecule has 1 fully saturated rings. The van der Waals surface area contributed by atoms with Crippen LogP contribution in [0.4, 0.5) is 4.39 Å². The second-order valence-electron chi connectivity index (χ2n) is 5.20. The molecule has 1 aromatic rings. The molecule has 5 heteroatoms. The molecule has 0 aliphatic heterocycles. The van der Waals surface area contributed by atoms with Crippen molar-refractivity contribution in [3.63, 3.8) is 0 Å². The van der Waals surface area contributed by atoms with Crippen LogP contribution in [-0.4, -0.2) is 19.0 Å². The summed E-state index contributed by atoms with van der Waals surface area (Å²) in [7, 11) is 0. The summed E-state index contributed by atoms with van der Waals surface area (Å²) in [5.41, 5.74) is 5.71. The van der Waals surface area contributed by atoms with E-state index in [0.29, 0.717) is 13.1 Å². The summed E-state index contributed by atoms with van der Waals surface area (Å²) in [5.74, 6) is -0.249. The van der Waals surface area contributed by atoms with E-state index in [1.54, 1.807) is 6.07 Å². The van der Waals surface area contributed by atoms with E-state index in [1.807, 2.05) is 6.07 Å². The van der Waals surface area contributed by atoms with Crippen LogP contribution in [0.1, 0.15) is 37.7 Å². The molecule has 0 saturated heterocycles. The lowest BCUT2D eigenvalue weighted by atomic mass is 9.64. The summed E-state index contributed by atoms with van der Waals surface area (Å²) in [4.78, 5) is 12.4. The molecule has 0 radical (unpaired) electrons. The molecule has 1 aliphatic carbocycles. The summed E-state index contributed by atoms with van der Waals surface area (Å²) in [6.45, 7) is 1.29. The van der Waals surface area contributed by atoms with Crippen LogP contribution >= 0.6 is 12.4 Å². The zero-order valence-corrected chi connectivity index (χ0v) is 12.3. The number of hydrogen-bond donors (Lipinski definition) is 2. The third-order valence-electron chi connectivity index (χ3n) is 3.94. The highest BCUT2D eigenvalue weighted by atomic mass is 35.5. The number of carbonyl (C=O) groups excluding carboxylic acids is 1. The Morgan fingerprint density at radius 1 is 1.35 bits per heavy atom. The molecule has 0 bridgehead atoms. The Labute approximate surface area is 125 Å². The molecule has 1 aliphatic rings. The first-order valence-corrected chi connectivity index (χ1v) is 6.93. The highest BCUT2D eigenvalue weighted by Gasteiger charge is 2.45. The van der Waals surface area contributed by atoms with Crippen LogP contribution in [0.15, 0.2) is 24.3 Å². The zero-order valence-electron chi connectivity index (χ0n) is 11.5. The van der Waals surface area contributed by atoms with Gasteiger partial charge >= 0.3 is 0 Å². The van der Waals surface area contributed by atoms with Gasteiger partial charge in [-0.05, 0) is 49.9 Å². The SMILES string of the molecule is Cl.NCCCCNC(=O)C1(c2cccc(F)c2)CCC1. The minimum absolute atomic E-state index is 0. The van der Waals surface area contributed by atoms with Crippen molar-refractivity contribution in [2.45, 2.75) is 37.5 Å². The Hall–Kier alpha value is -1.13. The largest absolute Gasteiger partial charge is 0.355 e. The number of unbranched alkanes of at least 4 members (excludes halogenated alkanes) is 1. The number of nitrogens with two attached hydrogens (primary N) is 1. The molecule has 0 unspecified atom stereocenters. The van der Waals surface area contributed by atoms with E-state index in [9.17, 15) is 9.18 Å². The van der Waals surface area contributed by atoms with Crippen LogP contribution < -0.4 is 11.1 Å². The fourth-order valence-electron chi connectivity index (χ4n) is 2.60. The number of halogens is 2. The Kier molecular flexibility index (Phi) is 6.43. The van der Waals surface area contributed by atoms with Crippen molar-refractivity contribution < 1.29 is 9.18 Å². The summed E-state index contributed by atoms with van der Waals surface area (Å²) in [6, 6.07) is 6.42. The molecule has 0 atom stereocenters. The van der Waals surface area contributed by atoms with Crippen LogP contribution in [0.25, 0.3) is 0 Å². The summed E-state index contributed by atoms with van der Waals surface area (Å²) < 4.78 is 13.3. The van der Waals surface area contributed by atoms with Gasteiger partial charge in [-0.25, -0.2) is 4.39 Å². The van der Waals surface area contributed by atoms with Gasteiger partial charge in [0.15, 0.2) is 0 Å². The molecular formula is C15H22ClFN2O. The lowest BCUT2D eigenvalue weighted by Crippen LogP contribution is -2.49. The van der Waals surface area contributed by atoms with Crippen LogP contribution in [0, 0.1) is 5.82 Å². The minimum Gasteiger partial charge on any atom is -0.355 e. The molecule has 20 heavy (non-hydrogen) atoms. The standard InChI is InChI=1S/C15H21FN2O.ClH/c16-13-6-3-5-12(11-13)15(7-4-8-15)14(19)18-10-2-1-9-17;/h3,5-6,11H,1-2,4,7-10,17H2,(H,18,19);1H. The van der Waals surface area contributed by atoms with E-state index in [0.717, 1.165) is 37.7 Å². The first-order valence-electron chi connectivity index (χ1n) is 6.93. The topological polar surface area (TPSA) is 55.1 Å². The molecular weight excluding hydrogens is 279 g/mol. The molecule has 2 rings (SSSR count). The van der Waals surface area contributed by atoms with Crippen LogP contribution in [-0.2, 0) is 10.2 Å². The number of nitrogens with one attached hydrogen (secondary N) is 1. The van der Waals surface area contributed by atoms with Crippen molar-refractivity contribution >= 4 is 18.3 Å². The van der Waals surface area contributed by atoms with Crippen LogP contribution in [0.3, 0.4) is 0 Å². The second kappa shape index (κ2) is 7.60. The third-order valence-corrected chi connectivity index (χ3v) is 3.94. The average Bonchev–Trinajstić information content (AvgIpc) is 2.33. The van der Waals surface area contributed by atoms with Gasteiger partial charge in [-0.3, -0.25) is 4.79 Å². The van der Waals surface area contributed by atoms with Crippen LogP contribution in [0.5, 0.6) is 0 Å². The fraction of sp³-hybridized carbons (Fsp3) is 0.533. The maximum absolute atomic E-state index is 13.3. The normalized spacial score (nSPS) is 15.9. The van der Waals surface area contributed by atoms with E-state index in [2.05, 4.69) is 5.32 Å². The second-order valence-corrected chi connectivity index (χ2v) is 5.20. The highest BCUT2D eigenvalue weighted by molar-refractivity contribution is 5.89. The highest BCUT2D eigenvalue weighted by Crippen LogP contribution is 2.44. The molecule has 1 saturated carbocycles. The van der Waals surface area contributed by atoms with Gasteiger partial charge in [-0.2, -0.15) is 0 Å². The van der Waals surface area contributed by atoms with Gasteiger partial charge in [0.05, 0.1) is 5.41 Å². The Morgan fingerprint density at radius 3 is 2.65 bits per heavy atom. The average molecular weight is 301 g/mol.